The lowest BCUT2D eigenvalue weighted by Crippen LogP contribution is -2.00. The molecule has 1 N–H and O–H groups in total. The molecule has 6 nitrogen and oxygen atoms in total. The lowest BCUT2D eigenvalue weighted by atomic mass is 10.1. The SMILES string of the molecule is COc1ccc(Cn2cncn2)cc1C=CC(=O)O. The smallest absolute Gasteiger partial charge is 0.328 e. The van der Waals surface area contributed by atoms with Crippen molar-refractivity contribution in [3.8, 4) is 5.75 Å². The average Bonchev–Trinajstić information content (AvgIpc) is 2.89. The van der Waals surface area contributed by atoms with E-state index < -0.39 is 5.97 Å². The molecule has 1 aromatic heterocycles. The van der Waals surface area contributed by atoms with Crippen LogP contribution in [0.3, 0.4) is 0 Å². The fraction of sp³-hybridized carbons (Fsp3) is 0.154. The lowest BCUT2D eigenvalue weighted by Gasteiger charge is -2.07. The molecule has 98 valence electrons. The van der Waals surface area contributed by atoms with Gasteiger partial charge in [0.05, 0.1) is 13.7 Å². The molecule has 0 fully saturated rings. The predicted molar refractivity (Wildman–Crippen MR) is 68.8 cm³/mol. The zero-order chi connectivity index (χ0) is 13.7. The molecule has 0 unspecified atom stereocenters. The van der Waals surface area contributed by atoms with Crippen LogP contribution in [0.1, 0.15) is 11.1 Å². The quantitative estimate of drug-likeness (QED) is 0.822. The topological polar surface area (TPSA) is 77.2 Å². The van der Waals surface area contributed by atoms with E-state index in [1.54, 1.807) is 24.2 Å². The molecule has 0 bridgehead atoms. The Kier molecular flexibility index (Phi) is 3.92. The van der Waals surface area contributed by atoms with Crippen molar-refractivity contribution in [1.29, 1.82) is 0 Å². The average molecular weight is 259 g/mol. The van der Waals surface area contributed by atoms with Crippen molar-refractivity contribution >= 4 is 12.0 Å². The molecule has 0 saturated heterocycles. The largest absolute Gasteiger partial charge is 0.496 e. The second-order valence-corrected chi connectivity index (χ2v) is 3.84. The molecule has 0 aliphatic carbocycles. The molecule has 0 aliphatic rings. The van der Waals surface area contributed by atoms with E-state index in [2.05, 4.69) is 10.1 Å². The van der Waals surface area contributed by atoms with Crippen molar-refractivity contribution in [2.24, 2.45) is 0 Å². The second-order valence-electron chi connectivity index (χ2n) is 3.84. The number of benzene rings is 1. The number of carboxylic acids is 1. The van der Waals surface area contributed by atoms with Crippen LogP contribution in [-0.4, -0.2) is 33.0 Å². The van der Waals surface area contributed by atoms with Crippen molar-refractivity contribution in [3.05, 3.63) is 48.1 Å². The Hall–Kier alpha value is -2.63. The molecule has 0 radical (unpaired) electrons. The third kappa shape index (κ3) is 3.41. The van der Waals surface area contributed by atoms with Crippen molar-refractivity contribution in [2.45, 2.75) is 6.54 Å². The van der Waals surface area contributed by atoms with Crippen LogP contribution in [0.2, 0.25) is 0 Å². The Morgan fingerprint density at radius 2 is 2.37 bits per heavy atom. The highest BCUT2D eigenvalue weighted by Gasteiger charge is 2.03. The molecule has 2 rings (SSSR count). The van der Waals surface area contributed by atoms with E-state index >= 15 is 0 Å². The molecule has 1 aromatic carbocycles. The first-order chi connectivity index (χ1) is 9.19. The van der Waals surface area contributed by atoms with Gasteiger partial charge in [-0.3, -0.25) is 0 Å². The van der Waals surface area contributed by atoms with Gasteiger partial charge in [0.25, 0.3) is 0 Å². The molecule has 0 amide bonds. The van der Waals surface area contributed by atoms with Crippen molar-refractivity contribution in [2.75, 3.05) is 7.11 Å². The molecule has 0 atom stereocenters. The van der Waals surface area contributed by atoms with Gasteiger partial charge in [0.1, 0.15) is 18.4 Å². The van der Waals surface area contributed by atoms with E-state index in [9.17, 15) is 4.79 Å². The maximum Gasteiger partial charge on any atom is 0.328 e. The third-order valence-electron chi connectivity index (χ3n) is 2.51. The number of ether oxygens (including phenoxy) is 1. The van der Waals surface area contributed by atoms with E-state index in [1.165, 1.54) is 12.4 Å². The number of methoxy groups -OCH3 is 1. The number of carboxylic acid groups (broad SMARTS) is 1. The fourth-order valence-corrected chi connectivity index (χ4v) is 1.67. The number of hydrogen-bond donors (Lipinski definition) is 1. The van der Waals surface area contributed by atoms with Gasteiger partial charge in [-0.1, -0.05) is 6.07 Å². The zero-order valence-electron chi connectivity index (χ0n) is 10.4. The van der Waals surface area contributed by atoms with Gasteiger partial charge in [0.15, 0.2) is 0 Å². The van der Waals surface area contributed by atoms with Gasteiger partial charge in [-0.05, 0) is 23.8 Å². The number of rotatable bonds is 5. The minimum atomic E-state index is -0.997. The molecular formula is C13H13N3O3. The highest BCUT2D eigenvalue weighted by atomic mass is 16.5. The summed E-state index contributed by atoms with van der Waals surface area (Å²) >= 11 is 0. The monoisotopic (exact) mass is 259 g/mol. The molecular weight excluding hydrogens is 246 g/mol. The minimum Gasteiger partial charge on any atom is -0.496 e. The van der Waals surface area contributed by atoms with E-state index in [0.717, 1.165) is 11.6 Å². The van der Waals surface area contributed by atoms with E-state index in [0.29, 0.717) is 17.9 Å². The van der Waals surface area contributed by atoms with Crippen LogP contribution < -0.4 is 4.74 Å². The number of aliphatic carboxylic acids is 1. The standard InChI is InChI=1S/C13H13N3O3/c1-19-12-4-2-10(7-16-9-14-8-15-16)6-11(12)3-5-13(17)18/h2-6,8-9H,7H2,1H3,(H,17,18). The van der Waals surface area contributed by atoms with Crippen molar-refractivity contribution in [1.82, 2.24) is 14.8 Å². The molecule has 0 saturated carbocycles. The summed E-state index contributed by atoms with van der Waals surface area (Å²) < 4.78 is 6.88. The van der Waals surface area contributed by atoms with Gasteiger partial charge in [0.2, 0.25) is 0 Å². The van der Waals surface area contributed by atoms with Crippen LogP contribution >= 0.6 is 0 Å². The normalized spacial score (nSPS) is 10.8. The Labute approximate surface area is 110 Å². The van der Waals surface area contributed by atoms with Gasteiger partial charge in [0, 0.05) is 11.6 Å². The van der Waals surface area contributed by atoms with Gasteiger partial charge in [-0.15, -0.1) is 0 Å². The highest BCUT2D eigenvalue weighted by molar-refractivity contribution is 5.85. The van der Waals surface area contributed by atoms with E-state index in [4.69, 9.17) is 9.84 Å². The van der Waals surface area contributed by atoms with Crippen LogP contribution in [0.15, 0.2) is 36.9 Å². The first kappa shape index (κ1) is 12.8. The molecule has 0 aliphatic heterocycles. The Morgan fingerprint density at radius 1 is 1.53 bits per heavy atom. The predicted octanol–water partition coefficient (Wildman–Crippen LogP) is 1.43. The van der Waals surface area contributed by atoms with Gasteiger partial charge in [-0.25, -0.2) is 14.5 Å². The Bertz CT molecular complexity index is 591. The third-order valence-corrected chi connectivity index (χ3v) is 2.51. The lowest BCUT2D eigenvalue weighted by molar-refractivity contribution is -0.131. The summed E-state index contributed by atoms with van der Waals surface area (Å²) in [5.74, 6) is -0.372. The minimum absolute atomic E-state index is 0.567. The Morgan fingerprint density at radius 3 is 3.00 bits per heavy atom. The van der Waals surface area contributed by atoms with Crippen LogP contribution in [-0.2, 0) is 11.3 Å². The highest BCUT2D eigenvalue weighted by Crippen LogP contribution is 2.21. The van der Waals surface area contributed by atoms with E-state index in [1.807, 2.05) is 12.1 Å². The van der Waals surface area contributed by atoms with Gasteiger partial charge >= 0.3 is 5.97 Å². The Balaban J connectivity index is 2.27. The van der Waals surface area contributed by atoms with Gasteiger partial charge in [-0.2, -0.15) is 5.10 Å². The number of nitrogens with zero attached hydrogens (tertiary/aromatic N) is 3. The second kappa shape index (κ2) is 5.81. The summed E-state index contributed by atoms with van der Waals surface area (Å²) in [6.45, 7) is 0.567. The summed E-state index contributed by atoms with van der Waals surface area (Å²) in [6.07, 6.45) is 5.68. The number of hydrogen-bond acceptors (Lipinski definition) is 4. The number of aromatic nitrogens is 3. The first-order valence-corrected chi connectivity index (χ1v) is 5.59. The zero-order valence-corrected chi connectivity index (χ0v) is 10.4. The maximum atomic E-state index is 10.6. The molecule has 0 spiro atoms. The van der Waals surface area contributed by atoms with Crippen molar-refractivity contribution in [3.63, 3.8) is 0 Å². The summed E-state index contributed by atoms with van der Waals surface area (Å²) in [7, 11) is 1.55. The van der Waals surface area contributed by atoms with Gasteiger partial charge < -0.3 is 9.84 Å². The number of carbonyl (C=O) groups is 1. The van der Waals surface area contributed by atoms with Crippen LogP contribution in [0.4, 0.5) is 0 Å². The molecule has 6 heteroatoms. The fourth-order valence-electron chi connectivity index (χ4n) is 1.67. The van der Waals surface area contributed by atoms with Crippen LogP contribution in [0.25, 0.3) is 6.08 Å². The summed E-state index contributed by atoms with van der Waals surface area (Å²) in [6, 6.07) is 5.56. The van der Waals surface area contributed by atoms with Crippen LogP contribution in [0, 0.1) is 0 Å². The molecule has 1 heterocycles. The van der Waals surface area contributed by atoms with E-state index in [-0.39, 0.29) is 0 Å². The maximum absolute atomic E-state index is 10.6. The first-order valence-electron chi connectivity index (χ1n) is 5.59. The molecule has 2 aromatic rings. The van der Waals surface area contributed by atoms with Crippen LogP contribution in [0.5, 0.6) is 5.75 Å². The molecule has 19 heavy (non-hydrogen) atoms. The van der Waals surface area contributed by atoms with Crippen molar-refractivity contribution < 1.29 is 14.6 Å². The summed E-state index contributed by atoms with van der Waals surface area (Å²) in [4.78, 5) is 14.4. The summed E-state index contributed by atoms with van der Waals surface area (Å²) in [5, 5.41) is 12.7. The summed E-state index contributed by atoms with van der Waals surface area (Å²) in [5.41, 5.74) is 1.69.